The largest absolute Gasteiger partial charge is 0.493 e. The van der Waals surface area contributed by atoms with Gasteiger partial charge in [0.05, 0.1) is 11.6 Å². The molecule has 2 rings (SSSR count). The zero-order valence-electron chi connectivity index (χ0n) is 12.6. The summed E-state index contributed by atoms with van der Waals surface area (Å²) in [5.41, 5.74) is 2.43. The molecule has 0 aliphatic carbocycles. The molecule has 0 fully saturated rings. The summed E-state index contributed by atoms with van der Waals surface area (Å²) >= 11 is 3.54. The Hall–Kier alpha value is -1.85. The molecule has 1 aromatic heterocycles. The van der Waals surface area contributed by atoms with Crippen molar-refractivity contribution in [2.75, 3.05) is 13.7 Å². The van der Waals surface area contributed by atoms with Crippen molar-refractivity contribution < 1.29 is 14.8 Å². The number of quaternary nitrogens is 1. The SMILES string of the molecule is C=CCOc1c(Br)cc(C[NH2+]Cc2ccncc2)cc1OC. The predicted octanol–water partition coefficient (Wildman–Crippen LogP) is 2.68. The zero-order chi connectivity index (χ0) is 15.8. The van der Waals surface area contributed by atoms with E-state index in [-0.39, 0.29) is 0 Å². The number of halogens is 1. The molecule has 5 heteroatoms. The summed E-state index contributed by atoms with van der Waals surface area (Å²) < 4.78 is 11.9. The van der Waals surface area contributed by atoms with Gasteiger partial charge in [0.25, 0.3) is 0 Å². The van der Waals surface area contributed by atoms with Crippen molar-refractivity contribution in [3.8, 4) is 11.5 Å². The van der Waals surface area contributed by atoms with Crippen LogP contribution in [-0.4, -0.2) is 18.7 Å². The molecule has 0 aliphatic rings. The average molecular weight is 364 g/mol. The van der Waals surface area contributed by atoms with Gasteiger partial charge in [0, 0.05) is 23.5 Å². The molecule has 0 spiro atoms. The van der Waals surface area contributed by atoms with E-state index in [0.717, 1.165) is 23.3 Å². The summed E-state index contributed by atoms with van der Waals surface area (Å²) in [5, 5.41) is 2.24. The molecule has 1 aromatic carbocycles. The molecule has 0 saturated carbocycles. The fourth-order valence-corrected chi connectivity index (χ4v) is 2.70. The van der Waals surface area contributed by atoms with Crippen molar-refractivity contribution >= 4 is 15.9 Å². The molecule has 0 atom stereocenters. The minimum absolute atomic E-state index is 0.447. The Morgan fingerprint density at radius 3 is 2.64 bits per heavy atom. The van der Waals surface area contributed by atoms with E-state index in [2.05, 4.69) is 38.9 Å². The summed E-state index contributed by atoms with van der Waals surface area (Å²) in [4.78, 5) is 4.02. The molecule has 1 heterocycles. The van der Waals surface area contributed by atoms with E-state index in [0.29, 0.717) is 12.4 Å². The lowest BCUT2D eigenvalue weighted by Crippen LogP contribution is -2.80. The number of hydrogen-bond donors (Lipinski definition) is 1. The first-order chi connectivity index (χ1) is 10.7. The van der Waals surface area contributed by atoms with Gasteiger partial charge in [-0.1, -0.05) is 12.7 Å². The number of methoxy groups -OCH3 is 1. The molecule has 2 N–H and O–H groups in total. The van der Waals surface area contributed by atoms with Gasteiger partial charge < -0.3 is 14.8 Å². The lowest BCUT2D eigenvalue weighted by Gasteiger charge is -2.13. The van der Waals surface area contributed by atoms with E-state index in [1.807, 2.05) is 30.6 Å². The lowest BCUT2D eigenvalue weighted by molar-refractivity contribution is -0.686. The van der Waals surface area contributed by atoms with Crippen molar-refractivity contribution in [3.05, 3.63) is 64.9 Å². The number of aromatic nitrogens is 1. The Balaban J connectivity index is 2.02. The van der Waals surface area contributed by atoms with E-state index in [4.69, 9.17) is 9.47 Å². The third-order valence-corrected chi connectivity index (χ3v) is 3.73. The van der Waals surface area contributed by atoms with Gasteiger partial charge in [0.2, 0.25) is 0 Å². The van der Waals surface area contributed by atoms with E-state index in [9.17, 15) is 0 Å². The van der Waals surface area contributed by atoms with Crippen LogP contribution in [0.1, 0.15) is 11.1 Å². The minimum atomic E-state index is 0.447. The van der Waals surface area contributed by atoms with Crippen LogP contribution in [0.3, 0.4) is 0 Å². The van der Waals surface area contributed by atoms with E-state index >= 15 is 0 Å². The molecule has 2 aromatic rings. The summed E-state index contributed by atoms with van der Waals surface area (Å²) in [5.74, 6) is 1.43. The standard InChI is InChI=1S/C17H19BrN2O2/c1-3-8-22-17-15(18)9-14(10-16(17)21-2)12-20-11-13-4-6-19-7-5-13/h3-7,9-10,20H,1,8,11-12H2,2H3/p+1. The highest BCUT2D eigenvalue weighted by atomic mass is 79.9. The van der Waals surface area contributed by atoms with Gasteiger partial charge in [-0.05, 0) is 40.2 Å². The van der Waals surface area contributed by atoms with Gasteiger partial charge in [-0.25, -0.2) is 0 Å². The van der Waals surface area contributed by atoms with E-state index < -0.39 is 0 Å². The lowest BCUT2D eigenvalue weighted by atomic mass is 10.2. The van der Waals surface area contributed by atoms with Crippen molar-refractivity contribution in [1.82, 2.24) is 4.98 Å². The number of ether oxygens (including phenoxy) is 2. The van der Waals surface area contributed by atoms with Crippen LogP contribution >= 0.6 is 15.9 Å². The van der Waals surface area contributed by atoms with Gasteiger partial charge in [0.15, 0.2) is 11.5 Å². The van der Waals surface area contributed by atoms with Gasteiger partial charge >= 0.3 is 0 Å². The minimum Gasteiger partial charge on any atom is -0.493 e. The second-order valence-corrected chi connectivity index (χ2v) is 5.62. The molecule has 0 bridgehead atoms. The quantitative estimate of drug-likeness (QED) is 0.733. The Morgan fingerprint density at radius 1 is 1.23 bits per heavy atom. The van der Waals surface area contributed by atoms with Crippen LogP contribution in [0.2, 0.25) is 0 Å². The highest BCUT2D eigenvalue weighted by Gasteiger charge is 2.12. The second-order valence-electron chi connectivity index (χ2n) is 4.76. The number of pyridine rings is 1. The zero-order valence-corrected chi connectivity index (χ0v) is 14.2. The fraction of sp³-hybridized carbons (Fsp3) is 0.235. The van der Waals surface area contributed by atoms with Crippen LogP contribution in [0, 0.1) is 0 Å². The molecule has 22 heavy (non-hydrogen) atoms. The van der Waals surface area contributed by atoms with Crippen molar-refractivity contribution in [2.24, 2.45) is 0 Å². The Kier molecular flexibility index (Phi) is 6.43. The van der Waals surface area contributed by atoms with Crippen LogP contribution in [0.5, 0.6) is 11.5 Å². The van der Waals surface area contributed by atoms with Gasteiger partial charge in [0.1, 0.15) is 19.7 Å². The predicted molar refractivity (Wildman–Crippen MR) is 90.0 cm³/mol. The second kappa shape index (κ2) is 8.56. The Bertz CT molecular complexity index is 618. The van der Waals surface area contributed by atoms with Crippen LogP contribution in [0.25, 0.3) is 0 Å². The van der Waals surface area contributed by atoms with Crippen molar-refractivity contribution in [2.45, 2.75) is 13.1 Å². The van der Waals surface area contributed by atoms with Gasteiger partial charge in [-0.3, -0.25) is 4.98 Å². The molecule has 4 nitrogen and oxygen atoms in total. The third kappa shape index (κ3) is 4.58. The number of nitrogens with zero attached hydrogens (tertiary/aromatic N) is 1. The van der Waals surface area contributed by atoms with Gasteiger partial charge in [-0.2, -0.15) is 0 Å². The Labute approximate surface area is 139 Å². The molecule has 0 amide bonds. The van der Waals surface area contributed by atoms with Crippen molar-refractivity contribution in [3.63, 3.8) is 0 Å². The normalized spacial score (nSPS) is 10.3. The van der Waals surface area contributed by atoms with Gasteiger partial charge in [-0.15, -0.1) is 0 Å². The van der Waals surface area contributed by atoms with E-state index in [1.165, 1.54) is 11.1 Å². The maximum Gasteiger partial charge on any atom is 0.175 e. The maximum absolute atomic E-state index is 5.63. The van der Waals surface area contributed by atoms with Crippen LogP contribution in [-0.2, 0) is 13.1 Å². The summed E-state index contributed by atoms with van der Waals surface area (Å²) in [6.45, 7) is 5.88. The molecule has 116 valence electrons. The third-order valence-electron chi connectivity index (χ3n) is 3.14. The molecule has 0 saturated heterocycles. The first-order valence-corrected chi connectivity index (χ1v) is 7.84. The molecular formula is C17H20BrN2O2+. The average Bonchev–Trinajstić information content (AvgIpc) is 2.54. The topological polar surface area (TPSA) is 48.0 Å². The monoisotopic (exact) mass is 363 g/mol. The number of nitrogens with two attached hydrogens (primary N) is 1. The number of hydrogen-bond acceptors (Lipinski definition) is 3. The molecule has 0 unspecified atom stereocenters. The molecular weight excluding hydrogens is 344 g/mol. The molecule has 0 aliphatic heterocycles. The van der Waals surface area contributed by atoms with Crippen LogP contribution < -0.4 is 14.8 Å². The highest BCUT2D eigenvalue weighted by Crippen LogP contribution is 2.36. The first kappa shape index (κ1) is 16.5. The number of benzene rings is 1. The van der Waals surface area contributed by atoms with Crippen molar-refractivity contribution in [1.29, 1.82) is 0 Å². The first-order valence-electron chi connectivity index (χ1n) is 7.05. The highest BCUT2D eigenvalue weighted by molar-refractivity contribution is 9.10. The Morgan fingerprint density at radius 2 is 1.95 bits per heavy atom. The summed E-state index contributed by atoms with van der Waals surface area (Å²) in [7, 11) is 1.65. The number of rotatable bonds is 8. The van der Waals surface area contributed by atoms with Crippen LogP contribution in [0.15, 0.2) is 53.8 Å². The smallest absolute Gasteiger partial charge is 0.175 e. The maximum atomic E-state index is 5.63. The molecule has 0 radical (unpaired) electrons. The fourth-order valence-electron chi connectivity index (χ4n) is 2.10. The van der Waals surface area contributed by atoms with Crippen LogP contribution in [0.4, 0.5) is 0 Å². The summed E-state index contributed by atoms with van der Waals surface area (Å²) in [6.07, 6.45) is 5.34. The summed E-state index contributed by atoms with van der Waals surface area (Å²) in [6, 6.07) is 8.12. The van der Waals surface area contributed by atoms with E-state index in [1.54, 1.807) is 13.2 Å².